The highest BCUT2D eigenvalue weighted by Gasteiger charge is 1.87. The van der Waals surface area contributed by atoms with E-state index in [4.69, 9.17) is 9.94 Å². The monoisotopic (exact) mass is 230 g/mol. The van der Waals surface area contributed by atoms with Crippen molar-refractivity contribution in [2.45, 2.75) is 6.61 Å². The first kappa shape index (κ1) is 12.7. The summed E-state index contributed by atoms with van der Waals surface area (Å²) in [6.07, 6.45) is 3.00. The van der Waals surface area contributed by atoms with Crippen LogP contribution in [0.3, 0.4) is 0 Å². The molecule has 0 atom stereocenters. The maximum Gasteiger partial charge on any atom is 0.142 e. The van der Waals surface area contributed by atoms with E-state index in [-0.39, 0.29) is 5.75 Å². The van der Waals surface area contributed by atoms with Crippen molar-refractivity contribution in [2.24, 2.45) is 5.16 Å². The summed E-state index contributed by atoms with van der Waals surface area (Å²) in [7, 11) is 0. The van der Waals surface area contributed by atoms with Gasteiger partial charge >= 0.3 is 0 Å². The molecular formula is C13H14N2O2. The van der Waals surface area contributed by atoms with E-state index >= 15 is 0 Å². The average molecular weight is 230 g/mol. The summed E-state index contributed by atoms with van der Waals surface area (Å²) in [5, 5.41) is 11.9. The van der Waals surface area contributed by atoms with E-state index in [1.807, 2.05) is 30.3 Å². The Labute approximate surface area is 100 Å². The first-order chi connectivity index (χ1) is 8.33. The third-order valence-corrected chi connectivity index (χ3v) is 1.81. The number of aromatic hydroxyl groups is 1. The maximum atomic E-state index is 8.57. The maximum absolute atomic E-state index is 8.57. The first-order valence-electron chi connectivity index (χ1n) is 5.04. The Hall–Kier alpha value is -2.36. The lowest BCUT2D eigenvalue weighted by atomic mass is 10.2. The molecule has 0 saturated heterocycles. The molecule has 0 spiro atoms. The Morgan fingerprint density at radius 3 is 2.41 bits per heavy atom. The molecule has 1 aromatic carbocycles. The summed E-state index contributed by atoms with van der Waals surface area (Å²) in [6, 6.07) is 13.1. The summed E-state index contributed by atoms with van der Waals surface area (Å²) in [6.45, 7) is 3.71. The number of rotatable bonds is 3. The molecule has 0 radical (unpaired) electrons. The van der Waals surface area contributed by atoms with Gasteiger partial charge < -0.3 is 9.94 Å². The fraction of sp³-hybridized carbons (Fsp3) is 0.0769. The van der Waals surface area contributed by atoms with Gasteiger partial charge in [-0.05, 0) is 17.7 Å². The third kappa shape index (κ3) is 5.94. The Kier molecular flexibility index (Phi) is 5.88. The molecule has 2 rings (SSSR count). The molecule has 0 bridgehead atoms. The van der Waals surface area contributed by atoms with Crippen molar-refractivity contribution in [3.8, 4) is 5.75 Å². The fourth-order valence-electron chi connectivity index (χ4n) is 1.05. The molecule has 1 aromatic heterocycles. The van der Waals surface area contributed by atoms with E-state index in [0.717, 1.165) is 5.56 Å². The molecule has 0 aliphatic heterocycles. The van der Waals surface area contributed by atoms with Gasteiger partial charge in [0.15, 0.2) is 0 Å². The summed E-state index contributed by atoms with van der Waals surface area (Å²) in [5.74, 6) is 0.211. The SMILES string of the molecule is C=NOCc1ccccc1.Oc1cccnc1. The smallest absolute Gasteiger partial charge is 0.142 e. The molecule has 0 unspecified atom stereocenters. The van der Waals surface area contributed by atoms with Gasteiger partial charge in [0.1, 0.15) is 12.4 Å². The molecule has 4 nitrogen and oxygen atoms in total. The van der Waals surface area contributed by atoms with Crippen LogP contribution in [0.4, 0.5) is 0 Å². The number of pyridine rings is 1. The minimum Gasteiger partial charge on any atom is -0.506 e. The number of nitrogens with zero attached hydrogens (tertiary/aromatic N) is 2. The molecule has 0 aliphatic carbocycles. The van der Waals surface area contributed by atoms with Crippen molar-refractivity contribution in [1.29, 1.82) is 0 Å². The van der Waals surface area contributed by atoms with Crippen molar-refractivity contribution in [3.05, 3.63) is 60.4 Å². The second-order valence-corrected chi connectivity index (χ2v) is 3.10. The van der Waals surface area contributed by atoms with Crippen molar-refractivity contribution >= 4 is 6.72 Å². The van der Waals surface area contributed by atoms with Crippen LogP contribution < -0.4 is 0 Å². The average Bonchev–Trinajstić information content (AvgIpc) is 2.39. The van der Waals surface area contributed by atoms with Crippen molar-refractivity contribution in [1.82, 2.24) is 4.98 Å². The van der Waals surface area contributed by atoms with Gasteiger partial charge in [0.05, 0.1) is 6.20 Å². The zero-order valence-electron chi connectivity index (χ0n) is 9.36. The standard InChI is InChI=1S/C8H9NO.C5H5NO/c1-9-10-7-8-5-3-2-4-6-8;7-5-2-1-3-6-4-5/h2-6H,1,7H2;1-4,7H. The van der Waals surface area contributed by atoms with Crippen LogP contribution in [-0.2, 0) is 11.4 Å². The largest absolute Gasteiger partial charge is 0.506 e. The summed E-state index contributed by atoms with van der Waals surface area (Å²) in [5.41, 5.74) is 1.11. The number of oxime groups is 1. The third-order valence-electron chi connectivity index (χ3n) is 1.81. The fourth-order valence-corrected chi connectivity index (χ4v) is 1.05. The Bertz CT molecular complexity index is 418. The van der Waals surface area contributed by atoms with Gasteiger partial charge in [0.2, 0.25) is 0 Å². The Morgan fingerprint density at radius 1 is 1.18 bits per heavy atom. The number of hydrogen-bond acceptors (Lipinski definition) is 4. The number of benzene rings is 1. The van der Waals surface area contributed by atoms with Gasteiger partial charge in [0, 0.05) is 12.9 Å². The van der Waals surface area contributed by atoms with E-state index in [2.05, 4.69) is 16.9 Å². The van der Waals surface area contributed by atoms with Crippen LogP contribution in [0.25, 0.3) is 0 Å². The minimum atomic E-state index is 0.211. The van der Waals surface area contributed by atoms with E-state index in [0.29, 0.717) is 6.61 Å². The van der Waals surface area contributed by atoms with E-state index in [9.17, 15) is 0 Å². The molecule has 0 saturated carbocycles. The molecule has 17 heavy (non-hydrogen) atoms. The number of aromatic nitrogens is 1. The quantitative estimate of drug-likeness (QED) is 0.651. The predicted molar refractivity (Wildman–Crippen MR) is 66.7 cm³/mol. The summed E-state index contributed by atoms with van der Waals surface area (Å²) < 4.78 is 0. The molecule has 0 fully saturated rings. The lowest BCUT2D eigenvalue weighted by Crippen LogP contribution is -1.83. The second-order valence-electron chi connectivity index (χ2n) is 3.10. The highest BCUT2D eigenvalue weighted by molar-refractivity contribution is 5.21. The van der Waals surface area contributed by atoms with Gasteiger partial charge in [0.25, 0.3) is 0 Å². The van der Waals surface area contributed by atoms with Crippen LogP contribution in [0.2, 0.25) is 0 Å². The highest BCUT2D eigenvalue weighted by atomic mass is 16.6. The van der Waals surface area contributed by atoms with Gasteiger partial charge in [-0.2, -0.15) is 0 Å². The molecule has 0 amide bonds. The molecule has 1 N–H and O–H groups in total. The van der Waals surface area contributed by atoms with Crippen molar-refractivity contribution in [3.63, 3.8) is 0 Å². The Balaban J connectivity index is 0.000000181. The van der Waals surface area contributed by atoms with Crippen LogP contribution in [0.5, 0.6) is 5.75 Å². The highest BCUT2D eigenvalue weighted by Crippen LogP contribution is 2.00. The van der Waals surface area contributed by atoms with Gasteiger partial charge in [-0.25, -0.2) is 0 Å². The van der Waals surface area contributed by atoms with E-state index in [1.54, 1.807) is 18.3 Å². The van der Waals surface area contributed by atoms with Crippen LogP contribution in [-0.4, -0.2) is 16.8 Å². The summed E-state index contributed by atoms with van der Waals surface area (Å²) in [4.78, 5) is 8.37. The van der Waals surface area contributed by atoms with Gasteiger partial charge in [-0.1, -0.05) is 30.3 Å². The lowest BCUT2D eigenvalue weighted by molar-refractivity contribution is 0.133. The van der Waals surface area contributed by atoms with Crippen molar-refractivity contribution < 1.29 is 9.94 Å². The van der Waals surface area contributed by atoms with Crippen LogP contribution >= 0.6 is 0 Å². The zero-order chi connectivity index (χ0) is 12.3. The molecule has 4 heteroatoms. The van der Waals surface area contributed by atoms with E-state index < -0.39 is 0 Å². The lowest BCUT2D eigenvalue weighted by Gasteiger charge is -1.96. The normalized spacial score (nSPS) is 8.71. The number of hydrogen-bond donors (Lipinski definition) is 1. The molecular weight excluding hydrogens is 216 g/mol. The van der Waals surface area contributed by atoms with Crippen LogP contribution in [0.1, 0.15) is 5.56 Å². The van der Waals surface area contributed by atoms with Gasteiger partial charge in [-0.3, -0.25) is 4.98 Å². The van der Waals surface area contributed by atoms with Crippen LogP contribution in [0, 0.1) is 0 Å². The molecule has 88 valence electrons. The Morgan fingerprint density at radius 2 is 1.94 bits per heavy atom. The van der Waals surface area contributed by atoms with E-state index in [1.165, 1.54) is 6.20 Å². The zero-order valence-corrected chi connectivity index (χ0v) is 9.36. The van der Waals surface area contributed by atoms with Crippen molar-refractivity contribution in [2.75, 3.05) is 0 Å². The molecule has 1 heterocycles. The predicted octanol–water partition coefficient (Wildman–Crippen LogP) is 2.61. The minimum absolute atomic E-state index is 0.211. The van der Waals surface area contributed by atoms with Gasteiger partial charge in [-0.15, -0.1) is 5.16 Å². The first-order valence-corrected chi connectivity index (χ1v) is 5.04. The summed E-state index contributed by atoms with van der Waals surface area (Å²) >= 11 is 0. The second kappa shape index (κ2) is 7.87. The van der Waals surface area contributed by atoms with Crippen LogP contribution in [0.15, 0.2) is 60.0 Å². The topological polar surface area (TPSA) is 54.7 Å². The molecule has 2 aromatic rings. The molecule has 0 aliphatic rings.